The van der Waals surface area contributed by atoms with Gasteiger partial charge < -0.3 is 9.47 Å². The average molecular weight is 427 g/mol. The Morgan fingerprint density at radius 2 is 1.68 bits per heavy atom. The summed E-state index contributed by atoms with van der Waals surface area (Å²) >= 11 is 0. The van der Waals surface area contributed by atoms with Crippen molar-refractivity contribution in [2.45, 2.75) is 57.5 Å². The van der Waals surface area contributed by atoms with E-state index in [0.29, 0.717) is 47.0 Å². The third-order valence-electron chi connectivity index (χ3n) is 7.05. The van der Waals surface area contributed by atoms with Gasteiger partial charge in [0.05, 0.1) is 6.10 Å². The molecule has 4 rings (SSSR count). The molecule has 4 heteroatoms. The van der Waals surface area contributed by atoms with E-state index in [1.54, 1.807) is 42.5 Å². The molecule has 2 aromatic carbocycles. The van der Waals surface area contributed by atoms with Gasteiger partial charge in [-0.25, -0.2) is 8.78 Å². The van der Waals surface area contributed by atoms with Crippen molar-refractivity contribution in [1.82, 2.24) is 0 Å². The number of halogens is 2. The monoisotopic (exact) mass is 426 g/mol. The zero-order valence-electron chi connectivity index (χ0n) is 18.3. The third kappa shape index (κ3) is 4.85. The SMILES string of the molecule is C=CCOc1ccc(-c2ccc(C3CCC4CC(OCC)CCC4C3)c(F)c2F)cc1. The molecule has 0 aliphatic heterocycles. The Balaban J connectivity index is 1.47. The number of ether oxygens (including phenoxy) is 2. The predicted molar refractivity (Wildman–Crippen MR) is 120 cm³/mol. The van der Waals surface area contributed by atoms with Gasteiger partial charge in [-0.1, -0.05) is 36.9 Å². The lowest BCUT2D eigenvalue weighted by Gasteiger charge is -2.42. The summed E-state index contributed by atoms with van der Waals surface area (Å²) in [6.07, 6.45) is 8.34. The topological polar surface area (TPSA) is 18.5 Å². The molecular formula is C27H32F2O2. The Bertz CT molecular complexity index is 893. The molecule has 0 amide bonds. The molecule has 0 N–H and O–H groups in total. The van der Waals surface area contributed by atoms with Crippen LogP contribution in [0.4, 0.5) is 8.78 Å². The van der Waals surface area contributed by atoms with Crippen molar-refractivity contribution in [3.8, 4) is 16.9 Å². The van der Waals surface area contributed by atoms with Gasteiger partial charge in [0.25, 0.3) is 0 Å². The molecule has 0 spiro atoms. The van der Waals surface area contributed by atoms with Crippen LogP contribution in [0.1, 0.15) is 56.9 Å². The molecule has 2 aliphatic rings. The second-order valence-electron chi connectivity index (χ2n) is 8.87. The molecule has 31 heavy (non-hydrogen) atoms. The van der Waals surface area contributed by atoms with Crippen LogP contribution in [0, 0.1) is 23.5 Å². The summed E-state index contributed by atoms with van der Waals surface area (Å²) in [5.41, 5.74) is 1.48. The summed E-state index contributed by atoms with van der Waals surface area (Å²) in [6, 6.07) is 10.6. The summed E-state index contributed by atoms with van der Waals surface area (Å²) in [6.45, 7) is 6.85. The number of rotatable bonds is 7. The molecule has 2 nitrogen and oxygen atoms in total. The maximum atomic E-state index is 15.1. The van der Waals surface area contributed by atoms with Crippen LogP contribution in [0.15, 0.2) is 49.1 Å². The highest BCUT2D eigenvalue weighted by Crippen LogP contribution is 2.47. The first kappa shape index (κ1) is 22.0. The number of fused-ring (bicyclic) bond motifs is 1. The highest BCUT2D eigenvalue weighted by molar-refractivity contribution is 5.65. The third-order valence-corrected chi connectivity index (χ3v) is 7.05. The van der Waals surface area contributed by atoms with E-state index < -0.39 is 11.6 Å². The van der Waals surface area contributed by atoms with Crippen LogP contribution >= 0.6 is 0 Å². The Labute approximate surface area is 184 Å². The molecule has 0 aromatic heterocycles. The molecule has 2 aromatic rings. The van der Waals surface area contributed by atoms with Crippen molar-refractivity contribution >= 4 is 0 Å². The Hall–Kier alpha value is -2.20. The standard InChI is InChI=1S/C27H32F2O2/c1-3-15-31-22-10-7-18(8-11-22)24-13-14-25(27(29)26(24)28)21-6-5-20-17-23(30-4-2)12-9-19(20)16-21/h3,7-8,10-11,13-14,19-21,23H,1,4-6,9,12,15-17H2,2H3. The first-order chi connectivity index (χ1) is 15.1. The van der Waals surface area contributed by atoms with Gasteiger partial charge in [-0.05, 0) is 86.5 Å². The number of benzene rings is 2. The second kappa shape index (κ2) is 9.95. The summed E-state index contributed by atoms with van der Waals surface area (Å²) < 4.78 is 41.5. The molecule has 4 unspecified atom stereocenters. The van der Waals surface area contributed by atoms with Gasteiger partial charge >= 0.3 is 0 Å². The molecular weight excluding hydrogens is 394 g/mol. The molecule has 0 radical (unpaired) electrons. The maximum absolute atomic E-state index is 15.1. The van der Waals surface area contributed by atoms with Crippen molar-refractivity contribution in [2.75, 3.05) is 13.2 Å². The first-order valence-corrected chi connectivity index (χ1v) is 11.5. The minimum atomic E-state index is -0.751. The van der Waals surface area contributed by atoms with Crippen molar-refractivity contribution in [3.63, 3.8) is 0 Å². The van der Waals surface area contributed by atoms with Gasteiger partial charge in [0.2, 0.25) is 0 Å². The van der Waals surface area contributed by atoms with Crippen LogP contribution in [-0.4, -0.2) is 19.3 Å². The molecule has 2 aliphatic carbocycles. The van der Waals surface area contributed by atoms with E-state index in [1.807, 2.05) is 0 Å². The highest BCUT2D eigenvalue weighted by atomic mass is 19.2. The van der Waals surface area contributed by atoms with Crippen LogP contribution in [0.2, 0.25) is 0 Å². The fraction of sp³-hybridized carbons (Fsp3) is 0.481. The van der Waals surface area contributed by atoms with Gasteiger partial charge in [0.1, 0.15) is 12.4 Å². The lowest BCUT2D eigenvalue weighted by molar-refractivity contribution is -0.00970. The fourth-order valence-electron chi connectivity index (χ4n) is 5.50. The Kier molecular flexibility index (Phi) is 7.06. The predicted octanol–water partition coefficient (Wildman–Crippen LogP) is 7.29. The minimum Gasteiger partial charge on any atom is -0.490 e. The minimum absolute atomic E-state index is 0.100. The molecule has 2 saturated carbocycles. The lowest BCUT2D eigenvalue weighted by atomic mass is 9.65. The smallest absolute Gasteiger partial charge is 0.166 e. The van der Waals surface area contributed by atoms with Crippen LogP contribution < -0.4 is 4.74 Å². The van der Waals surface area contributed by atoms with Gasteiger partial charge in [-0.2, -0.15) is 0 Å². The first-order valence-electron chi connectivity index (χ1n) is 11.5. The zero-order valence-corrected chi connectivity index (χ0v) is 18.3. The molecule has 0 bridgehead atoms. The van der Waals surface area contributed by atoms with Crippen molar-refractivity contribution < 1.29 is 18.3 Å². The van der Waals surface area contributed by atoms with Gasteiger partial charge in [0.15, 0.2) is 11.6 Å². The highest BCUT2D eigenvalue weighted by Gasteiger charge is 2.37. The van der Waals surface area contributed by atoms with E-state index in [0.717, 1.165) is 45.1 Å². The Morgan fingerprint density at radius 1 is 0.935 bits per heavy atom. The van der Waals surface area contributed by atoms with Gasteiger partial charge in [-0.15, -0.1) is 0 Å². The van der Waals surface area contributed by atoms with Crippen LogP contribution in [0.5, 0.6) is 5.75 Å². The zero-order chi connectivity index (χ0) is 21.8. The second-order valence-corrected chi connectivity index (χ2v) is 8.87. The summed E-state index contributed by atoms with van der Waals surface area (Å²) in [5.74, 6) is 0.603. The van der Waals surface area contributed by atoms with Crippen LogP contribution in [0.3, 0.4) is 0 Å². The lowest BCUT2D eigenvalue weighted by Crippen LogP contribution is -2.34. The Morgan fingerprint density at radius 3 is 2.42 bits per heavy atom. The summed E-state index contributed by atoms with van der Waals surface area (Å²) in [5, 5.41) is 0. The summed E-state index contributed by atoms with van der Waals surface area (Å²) in [7, 11) is 0. The van der Waals surface area contributed by atoms with E-state index in [-0.39, 0.29) is 5.92 Å². The van der Waals surface area contributed by atoms with Crippen molar-refractivity contribution in [1.29, 1.82) is 0 Å². The van der Waals surface area contributed by atoms with Gasteiger partial charge in [0, 0.05) is 12.2 Å². The molecule has 0 heterocycles. The normalized spacial score (nSPS) is 25.6. The van der Waals surface area contributed by atoms with E-state index in [4.69, 9.17) is 9.47 Å². The van der Waals surface area contributed by atoms with Crippen LogP contribution in [0.25, 0.3) is 11.1 Å². The van der Waals surface area contributed by atoms with Crippen LogP contribution in [-0.2, 0) is 4.74 Å². The average Bonchev–Trinajstić information content (AvgIpc) is 2.80. The van der Waals surface area contributed by atoms with E-state index in [2.05, 4.69) is 13.5 Å². The quantitative estimate of drug-likeness (QED) is 0.433. The number of hydrogen-bond donors (Lipinski definition) is 0. The van der Waals surface area contributed by atoms with E-state index >= 15 is 8.78 Å². The maximum Gasteiger partial charge on any atom is 0.166 e. The molecule has 4 atom stereocenters. The number of hydrogen-bond acceptors (Lipinski definition) is 2. The molecule has 2 fully saturated rings. The fourth-order valence-corrected chi connectivity index (χ4v) is 5.50. The molecule has 166 valence electrons. The van der Waals surface area contributed by atoms with Crippen molar-refractivity contribution in [2.24, 2.45) is 11.8 Å². The van der Waals surface area contributed by atoms with Gasteiger partial charge in [-0.3, -0.25) is 0 Å². The largest absolute Gasteiger partial charge is 0.490 e. The van der Waals surface area contributed by atoms with E-state index in [1.165, 1.54) is 0 Å². The summed E-state index contributed by atoms with van der Waals surface area (Å²) in [4.78, 5) is 0. The molecule has 0 saturated heterocycles. The van der Waals surface area contributed by atoms with E-state index in [9.17, 15) is 0 Å². The van der Waals surface area contributed by atoms with Crippen molar-refractivity contribution in [3.05, 3.63) is 66.3 Å².